The normalized spacial score (nSPS) is 11.3. The first kappa shape index (κ1) is 15.2. The van der Waals surface area contributed by atoms with Crippen LogP contribution in [0.2, 0.25) is 0 Å². The van der Waals surface area contributed by atoms with Gasteiger partial charge in [-0.3, -0.25) is 0 Å². The van der Waals surface area contributed by atoms with Crippen molar-refractivity contribution in [2.45, 2.75) is 12.7 Å². The quantitative estimate of drug-likeness (QED) is 0.859. The van der Waals surface area contributed by atoms with Crippen LogP contribution in [-0.4, -0.2) is 19.1 Å². The summed E-state index contributed by atoms with van der Waals surface area (Å²) in [6, 6.07) is 9.36. The Hall–Kier alpha value is -2.24. The Morgan fingerprint density at radius 1 is 1.19 bits per heavy atom. The number of aromatic nitrogens is 1. The summed E-state index contributed by atoms with van der Waals surface area (Å²) in [7, 11) is 3.25. The Bertz CT molecular complexity index is 614. The molecule has 0 unspecified atom stereocenters. The van der Waals surface area contributed by atoms with E-state index in [-0.39, 0.29) is 5.82 Å². The molecule has 0 saturated heterocycles. The van der Waals surface area contributed by atoms with Crippen molar-refractivity contribution in [3.05, 3.63) is 53.7 Å². The highest BCUT2D eigenvalue weighted by atomic mass is 19.4. The molecule has 1 aromatic heterocycles. The maximum absolute atomic E-state index is 12.7. The maximum Gasteiger partial charge on any atom is 0.416 e. The topological polar surface area (TPSA) is 25.4 Å². The Morgan fingerprint density at radius 2 is 1.90 bits per heavy atom. The molecule has 0 aliphatic heterocycles. The minimum atomic E-state index is -4.37. The number of para-hydroxylation sites is 1. The van der Waals surface area contributed by atoms with E-state index in [4.69, 9.17) is 4.74 Å². The van der Waals surface area contributed by atoms with Crippen molar-refractivity contribution in [3.63, 3.8) is 0 Å². The lowest BCUT2D eigenvalue weighted by Gasteiger charge is -2.20. The number of anilines is 1. The predicted molar refractivity (Wildman–Crippen MR) is 74.3 cm³/mol. The molecule has 112 valence electrons. The van der Waals surface area contributed by atoms with Gasteiger partial charge in [-0.15, -0.1) is 0 Å². The molecule has 1 aromatic carbocycles. The SMILES string of the molecule is COc1ccccc1CN(C)c1cc(C(F)(F)F)ccn1. The Morgan fingerprint density at radius 3 is 2.57 bits per heavy atom. The van der Waals surface area contributed by atoms with Crippen LogP contribution in [0.25, 0.3) is 0 Å². The second kappa shape index (κ2) is 6.03. The number of hydrogen-bond acceptors (Lipinski definition) is 3. The van der Waals surface area contributed by atoms with Crippen molar-refractivity contribution in [1.29, 1.82) is 0 Å². The summed E-state index contributed by atoms with van der Waals surface area (Å²) in [5, 5.41) is 0. The van der Waals surface area contributed by atoms with Crippen molar-refractivity contribution in [2.75, 3.05) is 19.1 Å². The van der Waals surface area contributed by atoms with Crippen LogP contribution in [0.1, 0.15) is 11.1 Å². The third-order valence-electron chi connectivity index (χ3n) is 3.06. The molecule has 0 N–H and O–H groups in total. The van der Waals surface area contributed by atoms with Crippen LogP contribution in [0.4, 0.5) is 19.0 Å². The van der Waals surface area contributed by atoms with E-state index < -0.39 is 11.7 Å². The summed E-state index contributed by atoms with van der Waals surface area (Å²) in [5.41, 5.74) is 0.168. The molecule has 2 aromatic rings. The van der Waals surface area contributed by atoms with Gasteiger partial charge in [-0.05, 0) is 18.2 Å². The van der Waals surface area contributed by atoms with Crippen LogP contribution in [0.3, 0.4) is 0 Å². The van der Waals surface area contributed by atoms with E-state index in [9.17, 15) is 13.2 Å². The largest absolute Gasteiger partial charge is 0.496 e. The lowest BCUT2D eigenvalue weighted by atomic mass is 10.2. The Balaban J connectivity index is 2.22. The van der Waals surface area contributed by atoms with Crippen molar-refractivity contribution < 1.29 is 17.9 Å². The standard InChI is InChI=1S/C15H15F3N2O/c1-20(10-11-5-3-4-6-13(11)21-2)14-9-12(7-8-19-14)15(16,17)18/h3-9H,10H2,1-2H3. The monoisotopic (exact) mass is 296 g/mol. The van der Waals surface area contributed by atoms with Crippen molar-refractivity contribution in [1.82, 2.24) is 4.98 Å². The second-order valence-corrected chi connectivity index (χ2v) is 4.57. The number of alkyl halides is 3. The van der Waals surface area contributed by atoms with Crippen LogP contribution in [0.15, 0.2) is 42.6 Å². The molecule has 0 amide bonds. The number of hydrogen-bond donors (Lipinski definition) is 0. The first-order valence-electron chi connectivity index (χ1n) is 6.28. The van der Waals surface area contributed by atoms with Crippen molar-refractivity contribution in [3.8, 4) is 5.75 Å². The van der Waals surface area contributed by atoms with Gasteiger partial charge in [0.25, 0.3) is 0 Å². The molecular formula is C15H15F3N2O. The van der Waals surface area contributed by atoms with E-state index in [1.54, 1.807) is 19.1 Å². The van der Waals surface area contributed by atoms with E-state index in [0.717, 1.165) is 23.9 Å². The summed E-state index contributed by atoms with van der Waals surface area (Å²) < 4.78 is 43.4. The highest BCUT2D eigenvalue weighted by molar-refractivity contribution is 5.44. The fourth-order valence-corrected chi connectivity index (χ4v) is 1.97. The van der Waals surface area contributed by atoms with Gasteiger partial charge in [-0.1, -0.05) is 18.2 Å². The molecule has 6 heteroatoms. The number of methoxy groups -OCH3 is 1. The van der Waals surface area contributed by atoms with Crippen LogP contribution in [0, 0.1) is 0 Å². The molecule has 1 heterocycles. The molecule has 0 aliphatic rings. The van der Waals surface area contributed by atoms with Gasteiger partial charge < -0.3 is 9.64 Å². The fourth-order valence-electron chi connectivity index (χ4n) is 1.97. The number of ether oxygens (including phenoxy) is 1. The van der Waals surface area contributed by atoms with Gasteiger partial charge in [0.1, 0.15) is 11.6 Å². The van der Waals surface area contributed by atoms with E-state index in [2.05, 4.69) is 4.98 Å². The molecular weight excluding hydrogens is 281 g/mol. The number of rotatable bonds is 4. The fraction of sp³-hybridized carbons (Fsp3) is 0.267. The average molecular weight is 296 g/mol. The predicted octanol–water partition coefficient (Wildman–Crippen LogP) is 3.75. The molecule has 21 heavy (non-hydrogen) atoms. The van der Waals surface area contributed by atoms with E-state index in [1.807, 2.05) is 24.3 Å². The van der Waals surface area contributed by atoms with Gasteiger partial charge in [-0.25, -0.2) is 4.98 Å². The zero-order valence-electron chi connectivity index (χ0n) is 11.7. The summed E-state index contributed by atoms with van der Waals surface area (Å²) in [6.45, 7) is 0.401. The first-order valence-corrected chi connectivity index (χ1v) is 6.28. The van der Waals surface area contributed by atoms with E-state index in [1.165, 1.54) is 0 Å². The van der Waals surface area contributed by atoms with Gasteiger partial charge in [-0.2, -0.15) is 13.2 Å². The molecule has 3 nitrogen and oxygen atoms in total. The van der Waals surface area contributed by atoms with Gasteiger partial charge in [0, 0.05) is 25.4 Å². The van der Waals surface area contributed by atoms with Gasteiger partial charge in [0.2, 0.25) is 0 Å². The molecule has 0 atom stereocenters. The third-order valence-corrected chi connectivity index (χ3v) is 3.06. The summed E-state index contributed by atoms with van der Waals surface area (Å²) in [6.07, 6.45) is -3.21. The number of pyridine rings is 1. The molecule has 0 bridgehead atoms. The summed E-state index contributed by atoms with van der Waals surface area (Å²) in [4.78, 5) is 5.64. The van der Waals surface area contributed by atoms with Crippen LogP contribution >= 0.6 is 0 Å². The third kappa shape index (κ3) is 3.65. The summed E-state index contributed by atoms with van der Waals surface area (Å²) in [5.74, 6) is 0.951. The molecule has 0 fully saturated rings. The number of halogens is 3. The van der Waals surface area contributed by atoms with Gasteiger partial charge in [0.05, 0.1) is 12.7 Å². The van der Waals surface area contributed by atoms with Gasteiger partial charge >= 0.3 is 6.18 Å². The van der Waals surface area contributed by atoms with Gasteiger partial charge in [0.15, 0.2) is 0 Å². The Labute approximate surface area is 121 Å². The first-order chi connectivity index (χ1) is 9.91. The van der Waals surface area contributed by atoms with Crippen LogP contribution < -0.4 is 9.64 Å². The minimum Gasteiger partial charge on any atom is -0.496 e. The smallest absolute Gasteiger partial charge is 0.416 e. The van der Waals surface area contributed by atoms with Crippen molar-refractivity contribution >= 4 is 5.82 Å². The lowest BCUT2D eigenvalue weighted by Crippen LogP contribution is -2.19. The lowest BCUT2D eigenvalue weighted by molar-refractivity contribution is -0.137. The average Bonchev–Trinajstić information content (AvgIpc) is 2.47. The van der Waals surface area contributed by atoms with Crippen LogP contribution in [-0.2, 0) is 12.7 Å². The van der Waals surface area contributed by atoms with Crippen molar-refractivity contribution in [2.24, 2.45) is 0 Å². The minimum absolute atomic E-state index is 0.260. The number of benzene rings is 1. The molecule has 2 rings (SSSR count). The Kier molecular flexibility index (Phi) is 4.35. The molecule has 0 saturated carbocycles. The highest BCUT2D eigenvalue weighted by Crippen LogP contribution is 2.31. The summed E-state index contributed by atoms with van der Waals surface area (Å²) >= 11 is 0. The zero-order chi connectivity index (χ0) is 15.5. The second-order valence-electron chi connectivity index (χ2n) is 4.57. The maximum atomic E-state index is 12.7. The number of nitrogens with zero attached hydrogens (tertiary/aromatic N) is 2. The molecule has 0 spiro atoms. The molecule has 0 radical (unpaired) electrons. The van der Waals surface area contributed by atoms with E-state index in [0.29, 0.717) is 12.3 Å². The van der Waals surface area contributed by atoms with Crippen LogP contribution in [0.5, 0.6) is 5.75 Å². The highest BCUT2D eigenvalue weighted by Gasteiger charge is 2.31. The zero-order valence-corrected chi connectivity index (χ0v) is 11.7. The molecule has 0 aliphatic carbocycles. The van der Waals surface area contributed by atoms with E-state index >= 15 is 0 Å².